The Bertz CT molecular complexity index is 1230. The van der Waals surface area contributed by atoms with Crippen molar-refractivity contribution in [1.82, 2.24) is 20.1 Å². The monoisotopic (exact) mass is 559 g/mol. The number of amides is 3. The minimum Gasteiger partial charge on any atom is -0.378 e. The molecule has 0 spiro atoms. The van der Waals surface area contributed by atoms with Crippen LogP contribution in [0, 0.1) is 23.2 Å². The van der Waals surface area contributed by atoms with Crippen molar-refractivity contribution in [2.24, 2.45) is 22.6 Å². The van der Waals surface area contributed by atoms with Gasteiger partial charge in [-0.3, -0.25) is 9.69 Å². The summed E-state index contributed by atoms with van der Waals surface area (Å²) < 4.78 is 5.58. The number of H-pyrrole nitrogens is 1. The van der Waals surface area contributed by atoms with Gasteiger partial charge < -0.3 is 25.7 Å². The van der Waals surface area contributed by atoms with Crippen LogP contribution in [0.3, 0.4) is 0 Å². The number of aromatic amines is 1. The van der Waals surface area contributed by atoms with Crippen molar-refractivity contribution in [2.75, 3.05) is 39.4 Å². The summed E-state index contributed by atoms with van der Waals surface area (Å²) in [6.07, 6.45) is 7.70. The number of aromatic nitrogens is 1. The Kier molecular flexibility index (Phi) is 9.37. The van der Waals surface area contributed by atoms with Crippen LogP contribution < -0.4 is 11.1 Å². The van der Waals surface area contributed by atoms with E-state index < -0.39 is 17.5 Å². The van der Waals surface area contributed by atoms with Crippen LogP contribution in [0.5, 0.6) is 0 Å². The highest BCUT2D eigenvalue weighted by Crippen LogP contribution is 2.42. The summed E-state index contributed by atoms with van der Waals surface area (Å²) in [5.41, 5.74) is 6.72. The fraction of sp³-hybridized carbons (Fsp3) is 0.548. The molecule has 3 fully saturated rings. The van der Waals surface area contributed by atoms with Gasteiger partial charge in [0, 0.05) is 50.5 Å². The Balaban J connectivity index is 1.49. The fourth-order valence-corrected chi connectivity index (χ4v) is 6.83. The van der Waals surface area contributed by atoms with Crippen molar-refractivity contribution in [3.8, 4) is 6.07 Å². The molecular formula is C31H41N7O3. The van der Waals surface area contributed by atoms with Crippen LogP contribution in [-0.2, 0) is 16.1 Å². The van der Waals surface area contributed by atoms with Gasteiger partial charge in [-0.05, 0) is 42.9 Å². The summed E-state index contributed by atoms with van der Waals surface area (Å²) >= 11 is 0. The van der Waals surface area contributed by atoms with E-state index in [9.17, 15) is 14.9 Å². The lowest BCUT2D eigenvalue weighted by Crippen LogP contribution is -2.57. The first-order valence-electron chi connectivity index (χ1n) is 14.8. The van der Waals surface area contributed by atoms with Crippen molar-refractivity contribution in [3.05, 3.63) is 59.9 Å². The van der Waals surface area contributed by atoms with Gasteiger partial charge in [0.1, 0.15) is 17.3 Å². The number of morpholine rings is 1. The average Bonchev–Trinajstić information content (AvgIpc) is 3.67. The highest BCUT2D eigenvalue weighted by Gasteiger charge is 2.46. The minimum atomic E-state index is -1.04. The maximum Gasteiger partial charge on any atom is 0.340 e. The van der Waals surface area contributed by atoms with Crippen molar-refractivity contribution < 1.29 is 14.3 Å². The van der Waals surface area contributed by atoms with E-state index in [0.29, 0.717) is 58.2 Å². The zero-order valence-electron chi connectivity index (χ0n) is 23.6. The molecule has 10 nitrogen and oxygen atoms in total. The molecule has 3 atom stereocenters. The molecule has 5 rings (SSSR count). The van der Waals surface area contributed by atoms with E-state index in [1.807, 2.05) is 41.4 Å². The zero-order chi connectivity index (χ0) is 28.7. The Morgan fingerprint density at radius 2 is 1.88 bits per heavy atom. The van der Waals surface area contributed by atoms with Gasteiger partial charge >= 0.3 is 6.03 Å². The lowest BCUT2D eigenvalue weighted by Gasteiger charge is -2.40. The number of carbonyl (C=O) groups is 2. The fourth-order valence-electron chi connectivity index (χ4n) is 6.83. The second-order valence-corrected chi connectivity index (χ2v) is 11.6. The maximum absolute atomic E-state index is 14.6. The van der Waals surface area contributed by atoms with E-state index in [1.54, 1.807) is 0 Å². The Labute approximate surface area is 241 Å². The Morgan fingerprint density at radius 1 is 1.12 bits per heavy atom. The van der Waals surface area contributed by atoms with Crippen molar-refractivity contribution >= 4 is 17.8 Å². The third-order valence-corrected chi connectivity index (χ3v) is 8.79. The quantitative estimate of drug-likeness (QED) is 0.335. The minimum absolute atomic E-state index is 0.216. The molecular weight excluding hydrogens is 518 g/mol. The van der Waals surface area contributed by atoms with Gasteiger partial charge in [0.2, 0.25) is 5.91 Å². The smallest absolute Gasteiger partial charge is 0.340 e. The van der Waals surface area contributed by atoms with Crippen molar-refractivity contribution in [3.63, 3.8) is 0 Å². The van der Waals surface area contributed by atoms with Gasteiger partial charge in [-0.15, -0.1) is 0 Å². The van der Waals surface area contributed by atoms with Gasteiger partial charge in [-0.2, -0.15) is 10.3 Å². The number of urea groups is 1. The number of amidine groups is 1. The topological polar surface area (TPSA) is 140 Å². The van der Waals surface area contributed by atoms with E-state index in [0.717, 1.165) is 36.9 Å². The molecule has 3 heterocycles. The molecule has 3 amide bonds. The van der Waals surface area contributed by atoms with Crippen molar-refractivity contribution in [2.45, 2.75) is 56.5 Å². The lowest BCUT2D eigenvalue weighted by molar-refractivity contribution is -0.125. The molecule has 1 aromatic carbocycles. The summed E-state index contributed by atoms with van der Waals surface area (Å²) in [5, 5.41) is 13.6. The van der Waals surface area contributed by atoms with Crippen LogP contribution in [0.25, 0.3) is 0 Å². The molecule has 2 aliphatic heterocycles. The number of hydrogen-bond acceptors (Lipinski definition) is 5. The molecule has 3 unspecified atom stereocenters. The summed E-state index contributed by atoms with van der Waals surface area (Å²) in [7, 11) is 0. The van der Waals surface area contributed by atoms with E-state index in [1.165, 1.54) is 6.42 Å². The molecule has 4 N–H and O–H groups in total. The standard InChI is InChI=1S/C31H41N7O3/c32-21-31(13-15-37(22-31)20-23-8-3-1-4-9-23)36-29(39)27(28(35-30(33)40)38-16-18-41-19-17-38)26(25-12-7-14-34-25)24-10-5-2-6-11-24/h1,3-4,7-9,12,14,24,26-27,34H,2,5-6,10-11,13,15-20,22H2,(H2,33,40)(H,36,39). The van der Waals surface area contributed by atoms with Crippen LogP contribution in [0.2, 0.25) is 0 Å². The largest absolute Gasteiger partial charge is 0.378 e. The summed E-state index contributed by atoms with van der Waals surface area (Å²) in [6, 6.07) is 15.7. The number of nitrogens with two attached hydrogens (primary N) is 1. The first-order chi connectivity index (χ1) is 20.0. The summed E-state index contributed by atoms with van der Waals surface area (Å²) in [6.45, 7) is 3.78. The van der Waals surface area contributed by atoms with E-state index in [2.05, 4.69) is 38.4 Å². The number of hydrogen-bond donors (Lipinski definition) is 3. The molecule has 10 heteroatoms. The zero-order valence-corrected chi connectivity index (χ0v) is 23.6. The molecule has 218 valence electrons. The molecule has 1 saturated carbocycles. The Hall–Kier alpha value is -3.68. The number of nitriles is 1. The van der Waals surface area contributed by atoms with E-state index in [4.69, 9.17) is 10.5 Å². The predicted octanol–water partition coefficient (Wildman–Crippen LogP) is 3.39. The third-order valence-electron chi connectivity index (χ3n) is 8.79. The number of likely N-dealkylation sites (tertiary alicyclic amines) is 1. The summed E-state index contributed by atoms with van der Waals surface area (Å²) in [5.74, 6) is -0.742. The number of benzene rings is 1. The highest BCUT2D eigenvalue weighted by atomic mass is 16.5. The first kappa shape index (κ1) is 28.8. The number of rotatable bonds is 8. The normalized spacial score (nSPS) is 24.0. The number of carbonyl (C=O) groups excluding carboxylic acids is 2. The molecule has 1 aromatic heterocycles. The molecule has 0 bridgehead atoms. The molecule has 3 aliphatic rings. The van der Waals surface area contributed by atoms with Gasteiger partial charge in [0.05, 0.1) is 19.3 Å². The lowest BCUT2D eigenvalue weighted by atomic mass is 9.71. The van der Waals surface area contributed by atoms with Gasteiger partial charge in [0.15, 0.2) is 0 Å². The van der Waals surface area contributed by atoms with Gasteiger partial charge in [-0.25, -0.2) is 4.79 Å². The van der Waals surface area contributed by atoms with Crippen LogP contribution >= 0.6 is 0 Å². The number of primary amides is 1. The first-order valence-corrected chi connectivity index (χ1v) is 14.8. The van der Waals surface area contributed by atoms with E-state index >= 15 is 0 Å². The molecule has 2 saturated heterocycles. The van der Waals surface area contributed by atoms with Crippen molar-refractivity contribution in [1.29, 1.82) is 5.26 Å². The van der Waals surface area contributed by atoms with Crippen LogP contribution in [0.15, 0.2) is 53.7 Å². The van der Waals surface area contributed by atoms with Crippen LogP contribution in [-0.4, -0.2) is 77.5 Å². The maximum atomic E-state index is 14.6. The number of nitrogens with one attached hydrogen (secondary N) is 2. The number of nitrogens with zero attached hydrogens (tertiary/aromatic N) is 4. The van der Waals surface area contributed by atoms with Crippen LogP contribution in [0.4, 0.5) is 4.79 Å². The van der Waals surface area contributed by atoms with Crippen LogP contribution in [0.1, 0.15) is 55.7 Å². The second-order valence-electron chi connectivity index (χ2n) is 11.6. The molecule has 1 aliphatic carbocycles. The Morgan fingerprint density at radius 3 is 2.54 bits per heavy atom. The van der Waals surface area contributed by atoms with Gasteiger partial charge in [0.25, 0.3) is 0 Å². The summed E-state index contributed by atoms with van der Waals surface area (Å²) in [4.78, 5) is 38.7. The molecule has 41 heavy (non-hydrogen) atoms. The molecule has 2 aromatic rings. The predicted molar refractivity (Wildman–Crippen MR) is 156 cm³/mol. The molecule has 0 radical (unpaired) electrons. The SMILES string of the molecule is N#CC1(NC(=O)C(C(=NC(N)=O)N2CCOCC2)C(c2ccc[nH]2)C2CCCCC2)CCN(Cc2ccccc2)C1. The third kappa shape index (κ3) is 6.97. The number of aliphatic imine (C=N–C) groups is 1. The highest BCUT2D eigenvalue weighted by molar-refractivity contribution is 6.07. The van der Waals surface area contributed by atoms with E-state index in [-0.39, 0.29) is 17.7 Å². The average molecular weight is 560 g/mol. The van der Waals surface area contributed by atoms with Gasteiger partial charge in [-0.1, -0.05) is 49.6 Å². The number of ether oxygens (including phenoxy) is 1. The second kappa shape index (κ2) is 13.3.